The van der Waals surface area contributed by atoms with Gasteiger partial charge in [-0.15, -0.1) is 11.3 Å². The van der Waals surface area contributed by atoms with Gasteiger partial charge in [0.2, 0.25) is 0 Å². The fraction of sp³-hybridized carbons (Fsp3) is 0.0800. The summed E-state index contributed by atoms with van der Waals surface area (Å²) in [6.45, 7) is 2.79. The van der Waals surface area contributed by atoms with Gasteiger partial charge in [-0.25, -0.2) is 9.97 Å². The number of hydrogen-bond acceptors (Lipinski definition) is 5. The molecule has 5 rings (SSSR count). The summed E-state index contributed by atoms with van der Waals surface area (Å²) < 4.78 is 0. The van der Waals surface area contributed by atoms with Crippen LogP contribution < -0.4 is 5.32 Å². The predicted molar refractivity (Wildman–Crippen MR) is 125 cm³/mol. The fourth-order valence-corrected chi connectivity index (χ4v) is 4.35. The number of nitrogens with one attached hydrogen (secondary N) is 1. The van der Waals surface area contributed by atoms with Gasteiger partial charge in [0.25, 0.3) is 0 Å². The van der Waals surface area contributed by atoms with Gasteiger partial charge in [0.05, 0.1) is 5.39 Å². The number of pyridine rings is 1. The zero-order chi connectivity index (χ0) is 20.3. The monoisotopic (exact) mass is 408 g/mol. The van der Waals surface area contributed by atoms with Crippen LogP contribution in [-0.4, -0.2) is 15.0 Å². The van der Waals surface area contributed by atoms with Crippen LogP contribution in [0.5, 0.6) is 0 Å². The van der Waals surface area contributed by atoms with Crippen LogP contribution in [0.2, 0.25) is 0 Å². The second kappa shape index (κ2) is 8.05. The first-order valence-electron chi connectivity index (χ1n) is 9.83. The number of fused-ring (bicyclic) bond motifs is 1. The van der Waals surface area contributed by atoms with E-state index in [9.17, 15) is 0 Å². The molecule has 0 saturated heterocycles. The van der Waals surface area contributed by atoms with Crippen LogP contribution in [0.15, 0.2) is 84.4 Å². The maximum Gasteiger partial charge on any atom is 0.181 e. The van der Waals surface area contributed by atoms with Crippen molar-refractivity contribution in [1.82, 2.24) is 15.0 Å². The van der Waals surface area contributed by atoms with Gasteiger partial charge in [-0.2, -0.15) is 0 Å². The van der Waals surface area contributed by atoms with E-state index >= 15 is 0 Å². The number of hydrogen-bond donors (Lipinski definition) is 1. The molecular weight excluding hydrogens is 388 g/mol. The van der Waals surface area contributed by atoms with E-state index in [4.69, 9.17) is 9.97 Å². The molecule has 5 heteroatoms. The molecule has 0 unspecified atom stereocenters. The van der Waals surface area contributed by atoms with Crippen molar-refractivity contribution in [2.24, 2.45) is 0 Å². The SMILES string of the molecule is Cc1ccc(CNc2nc(-c3ccccn3)nc3scc(-c4ccccc4)c23)cc1. The van der Waals surface area contributed by atoms with Crippen molar-refractivity contribution in [3.8, 4) is 22.6 Å². The highest BCUT2D eigenvalue weighted by Crippen LogP contribution is 2.38. The molecule has 2 aromatic carbocycles. The van der Waals surface area contributed by atoms with Gasteiger partial charge in [-0.1, -0.05) is 66.2 Å². The summed E-state index contributed by atoms with van der Waals surface area (Å²) in [5.41, 5.74) is 5.55. The summed E-state index contributed by atoms with van der Waals surface area (Å²) in [7, 11) is 0. The molecule has 0 aliphatic rings. The summed E-state index contributed by atoms with van der Waals surface area (Å²) >= 11 is 1.64. The molecule has 0 aliphatic heterocycles. The van der Waals surface area contributed by atoms with Crippen LogP contribution in [0.3, 0.4) is 0 Å². The summed E-state index contributed by atoms with van der Waals surface area (Å²) in [6, 6.07) is 24.7. The Kier molecular flexibility index (Phi) is 4.95. The average molecular weight is 409 g/mol. The zero-order valence-corrected chi connectivity index (χ0v) is 17.4. The third-order valence-corrected chi connectivity index (χ3v) is 5.87. The Labute approximate surface area is 179 Å². The molecule has 0 bridgehead atoms. The standard InChI is InChI=1S/C25H20N4S/c1-17-10-12-18(13-11-17)15-27-24-22-20(19-7-3-2-4-8-19)16-30-25(22)29-23(28-24)21-9-5-6-14-26-21/h2-14,16H,15H2,1H3,(H,27,28,29). The van der Waals surface area contributed by atoms with Gasteiger partial charge in [0.15, 0.2) is 5.82 Å². The lowest BCUT2D eigenvalue weighted by atomic mass is 10.1. The Bertz CT molecular complexity index is 1280. The Morgan fingerprint density at radius 1 is 0.867 bits per heavy atom. The lowest BCUT2D eigenvalue weighted by molar-refractivity contribution is 1.10. The highest BCUT2D eigenvalue weighted by atomic mass is 32.1. The van der Waals surface area contributed by atoms with E-state index in [0.29, 0.717) is 12.4 Å². The smallest absolute Gasteiger partial charge is 0.181 e. The molecule has 0 amide bonds. The summed E-state index contributed by atoms with van der Waals surface area (Å²) in [4.78, 5) is 15.1. The molecule has 3 heterocycles. The Morgan fingerprint density at radius 3 is 2.43 bits per heavy atom. The molecular formula is C25H20N4S. The zero-order valence-electron chi connectivity index (χ0n) is 16.5. The summed E-state index contributed by atoms with van der Waals surface area (Å²) in [5, 5.41) is 6.77. The van der Waals surface area contributed by atoms with Gasteiger partial charge in [-0.3, -0.25) is 4.98 Å². The minimum atomic E-state index is 0.635. The summed E-state index contributed by atoms with van der Waals surface area (Å²) in [6.07, 6.45) is 1.77. The topological polar surface area (TPSA) is 50.7 Å². The van der Waals surface area contributed by atoms with Crippen LogP contribution in [0.4, 0.5) is 5.82 Å². The molecule has 1 N–H and O–H groups in total. The van der Waals surface area contributed by atoms with Crippen molar-refractivity contribution in [3.05, 3.63) is 95.5 Å². The van der Waals surface area contributed by atoms with E-state index in [1.807, 2.05) is 24.3 Å². The van der Waals surface area contributed by atoms with Crippen molar-refractivity contribution in [1.29, 1.82) is 0 Å². The minimum absolute atomic E-state index is 0.635. The highest BCUT2D eigenvalue weighted by molar-refractivity contribution is 7.17. The van der Waals surface area contributed by atoms with Crippen molar-refractivity contribution in [3.63, 3.8) is 0 Å². The molecule has 0 aliphatic carbocycles. The highest BCUT2D eigenvalue weighted by Gasteiger charge is 2.16. The molecule has 0 spiro atoms. The lowest BCUT2D eigenvalue weighted by Crippen LogP contribution is -2.04. The number of thiophene rings is 1. The molecule has 0 saturated carbocycles. The second-order valence-electron chi connectivity index (χ2n) is 7.15. The minimum Gasteiger partial charge on any atom is -0.365 e. The van der Waals surface area contributed by atoms with Crippen molar-refractivity contribution in [2.45, 2.75) is 13.5 Å². The quantitative estimate of drug-likeness (QED) is 0.369. The Morgan fingerprint density at radius 2 is 1.67 bits per heavy atom. The Hall–Kier alpha value is -3.57. The van der Waals surface area contributed by atoms with Crippen molar-refractivity contribution < 1.29 is 0 Å². The fourth-order valence-electron chi connectivity index (χ4n) is 3.40. The van der Waals surface area contributed by atoms with Crippen molar-refractivity contribution in [2.75, 3.05) is 5.32 Å². The van der Waals surface area contributed by atoms with E-state index in [2.05, 4.69) is 71.1 Å². The van der Waals surface area contributed by atoms with Gasteiger partial charge >= 0.3 is 0 Å². The first kappa shape index (κ1) is 18.5. The van der Waals surface area contributed by atoms with Gasteiger partial charge in [0.1, 0.15) is 16.3 Å². The number of rotatable bonds is 5. The molecule has 5 aromatic rings. The number of benzene rings is 2. The van der Waals surface area contributed by atoms with E-state index in [1.54, 1.807) is 17.5 Å². The van der Waals surface area contributed by atoms with E-state index in [1.165, 1.54) is 11.1 Å². The first-order chi connectivity index (χ1) is 14.8. The van der Waals surface area contributed by atoms with E-state index in [-0.39, 0.29) is 0 Å². The van der Waals surface area contributed by atoms with Gasteiger partial charge in [-0.05, 0) is 30.2 Å². The third kappa shape index (κ3) is 3.67. The van der Waals surface area contributed by atoms with Crippen molar-refractivity contribution >= 4 is 27.4 Å². The molecule has 146 valence electrons. The first-order valence-corrected chi connectivity index (χ1v) is 10.7. The van der Waals surface area contributed by atoms with Gasteiger partial charge < -0.3 is 5.32 Å². The van der Waals surface area contributed by atoms with Crippen LogP contribution >= 0.6 is 11.3 Å². The van der Waals surface area contributed by atoms with Crippen LogP contribution in [0.1, 0.15) is 11.1 Å². The molecule has 0 atom stereocenters. The van der Waals surface area contributed by atoms with E-state index in [0.717, 1.165) is 32.9 Å². The molecule has 0 radical (unpaired) electrons. The number of nitrogens with zero attached hydrogens (tertiary/aromatic N) is 3. The number of aromatic nitrogens is 3. The largest absolute Gasteiger partial charge is 0.365 e. The number of anilines is 1. The molecule has 3 aromatic heterocycles. The van der Waals surface area contributed by atoms with Crippen LogP contribution in [0.25, 0.3) is 32.9 Å². The Balaban J connectivity index is 1.62. The predicted octanol–water partition coefficient (Wildman–Crippen LogP) is 6.34. The average Bonchev–Trinajstić information content (AvgIpc) is 3.24. The maximum atomic E-state index is 4.88. The molecule has 30 heavy (non-hydrogen) atoms. The molecule has 4 nitrogen and oxygen atoms in total. The number of aryl methyl sites for hydroxylation is 1. The normalized spacial score (nSPS) is 11.0. The van der Waals surface area contributed by atoms with Crippen LogP contribution in [0, 0.1) is 6.92 Å². The second-order valence-corrected chi connectivity index (χ2v) is 8.00. The van der Waals surface area contributed by atoms with Gasteiger partial charge in [0, 0.05) is 23.7 Å². The van der Waals surface area contributed by atoms with Crippen LogP contribution in [-0.2, 0) is 6.54 Å². The maximum absolute atomic E-state index is 4.88. The summed E-state index contributed by atoms with van der Waals surface area (Å²) in [5.74, 6) is 1.47. The molecule has 0 fully saturated rings. The third-order valence-electron chi connectivity index (χ3n) is 4.99. The van der Waals surface area contributed by atoms with E-state index < -0.39 is 0 Å². The lowest BCUT2D eigenvalue weighted by Gasteiger charge is -2.11.